The van der Waals surface area contributed by atoms with Crippen LogP contribution in [0.4, 0.5) is 5.82 Å². The summed E-state index contributed by atoms with van der Waals surface area (Å²) >= 11 is 1.74. The molecule has 0 amide bonds. The van der Waals surface area contributed by atoms with E-state index in [0.29, 0.717) is 0 Å². The molecule has 0 unspecified atom stereocenters. The number of nitrogens with zero attached hydrogens (tertiary/aromatic N) is 3. The van der Waals surface area contributed by atoms with Crippen LogP contribution in [-0.2, 0) is 12.0 Å². The minimum absolute atomic E-state index is 0.0387. The van der Waals surface area contributed by atoms with Gasteiger partial charge in [-0.25, -0.2) is 9.50 Å². The Morgan fingerprint density at radius 2 is 2.20 bits per heavy atom. The number of anilines is 1. The number of hydrogen-bond acceptors (Lipinski definition) is 4. The summed E-state index contributed by atoms with van der Waals surface area (Å²) in [6.45, 7) is 7.29. The molecule has 3 rings (SSSR count). The minimum Gasteiger partial charge on any atom is -0.363 e. The monoisotopic (exact) mass is 286 g/mol. The molecule has 0 atom stereocenters. The van der Waals surface area contributed by atoms with E-state index >= 15 is 0 Å². The molecule has 0 radical (unpaired) electrons. The van der Waals surface area contributed by atoms with Gasteiger partial charge in [0.25, 0.3) is 0 Å². The molecule has 20 heavy (non-hydrogen) atoms. The van der Waals surface area contributed by atoms with Crippen LogP contribution in [0.2, 0.25) is 0 Å². The Kier molecular flexibility index (Phi) is 3.22. The lowest BCUT2D eigenvalue weighted by Gasteiger charge is -2.13. The lowest BCUT2D eigenvalue weighted by atomic mass is 9.92. The highest BCUT2D eigenvalue weighted by atomic mass is 32.1. The molecule has 0 aromatic carbocycles. The zero-order valence-electron chi connectivity index (χ0n) is 11.9. The predicted molar refractivity (Wildman–Crippen MR) is 83.3 cm³/mol. The zero-order valence-corrected chi connectivity index (χ0v) is 12.7. The molecule has 4 nitrogen and oxygen atoms in total. The fourth-order valence-corrected chi connectivity index (χ4v) is 2.65. The van der Waals surface area contributed by atoms with Crippen molar-refractivity contribution in [3.8, 4) is 0 Å². The minimum atomic E-state index is 0.0387. The van der Waals surface area contributed by atoms with Crippen LogP contribution in [0.5, 0.6) is 0 Å². The first-order valence-electron chi connectivity index (χ1n) is 6.65. The summed E-state index contributed by atoms with van der Waals surface area (Å²) in [5.41, 5.74) is 2.13. The molecule has 0 aliphatic carbocycles. The maximum absolute atomic E-state index is 4.63. The highest BCUT2D eigenvalue weighted by Crippen LogP contribution is 2.24. The van der Waals surface area contributed by atoms with Crippen LogP contribution >= 0.6 is 11.3 Å². The lowest BCUT2D eigenvalue weighted by molar-refractivity contribution is 0.562. The largest absolute Gasteiger partial charge is 0.363 e. The van der Waals surface area contributed by atoms with Crippen molar-refractivity contribution in [3.05, 3.63) is 46.5 Å². The molecule has 0 aliphatic heterocycles. The molecule has 0 spiro atoms. The molecule has 0 fully saturated rings. The van der Waals surface area contributed by atoms with E-state index in [1.807, 2.05) is 10.7 Å². The van der Waals surface area contributed by atoms with Gasteiger partial charge in [0, 0.05) is 22.7 Å². The Morgan fingerprint density at radius 1 is 1.35 bits per heavy atom. The number of thiophene rings is 1. The van der Waals surface area contributed by atoms with Crippen molar-refractivity contribution in [2.75, 3.05) is 5.32 Å². The van der Waals surface area contributed by atoms with E-state index in [9.17, 15) is 0 Å². The van der Waals surface area contributed by atoms with E-state index in [1.54, 1.807) is 17.5 Å². The van der Waals surface area contributed by atoms with Gasteiger partial charge in [-0.1, -0.05) is 26.8 Å². The third kappa shape index (κ3) is 2.54. The van der Waals surface area contributed by atoms with Crippen molar-refractivity contribution in [2.24, 2.45) is 0 Å². The van der Waals surface area contributed by atoms with Gasteiger partial charge in [0.05, 0.1) is 12.2 Å². The second-order valence-electron chi connectivity index (χ2n) is 5.82. The van der Waals surface area contributed by atoms with Crippen LogP contribution in [0.3, 0.4) is 0 Å². The van der Waals surface area contributed by atoms with Crippen molar-refractivity contribution in [1.82, 2.24) is 14.6 Å². The summed E-state index contributed by atoms with van der Waals surface area (Å²) in [6.07, 6.45) is 3.67. The van der Waals surface area contributed by atoms with Gasteiger partial charge in [0.2, 0.25) is 0 Å². The maximum atomic E-state index is 4.63. The predicted octanol–water partition coefficient (Wildman–Crippen LogP) is 3.70. The first-order chi connectivity index (χ1) is 9.54. The van der Waals surface area contributed by atoms with Crippen LogP contribution in [-0.4, -0.2) is 14.6 Å². The quantitative estimate of drug-likeness (QED) is 0.798. The maximum Gasteiger partial charge on any atom is 0.152 e. The van der Waals surface area contributed by atoms with Crippen molar-refractivity contribution in [1.29, 1.82) is 0 Å². The van der Waals surface area contributed by atoms with E-state index in [2.05, 4.69) is 59.7 Å². The Labute approximate surface area is 122 Å². The van der Waals surface area contributed by atoms with Gasteiger partial charge in [-0.3, -0.25) is 0 Å². The third-order valence-corrected chi connectivity index (χ3v) is 4.04. The van der Waals surface area contributed by atoms with Gasteiger partial charge in [-0.15, -0.1) is 11.3 Å². The second kappa shape index (κ2) is 4.90. The summed E-state index contributed by atoms with van der Waals surface area (Å²) in [5, 5.41) is 10.1. The molecule has 3 aromatic heterocycles. The molecule has 0 saturated carbocycles. The topological polar surface area (TPSA) is 42.2 Å². The van der Waals surface area contributed by atoms with Gasteiger partial charge in [-0.2, -0.15) is 5.10 Å². The van der Waals surface area contributed by atoms with Crippen molar-refractivity contribution in [3.63, 3.8) is 0 Å². The standard InChI is InChI=1S/C15H18N4S/c1-15(2,3)13-9-12-14(16-6-7-19(12)18-13)17-10-11-5-4-8-20-11/h4-9H,10H2,1-3H3,(H,16,17). The Hall–Kier alpha value is -1.88. The number of rotatable bonds is 3. The summed E-state index contributed by atoms with van der Waals surface area (Å²) in [4.78, 5) is 5.73. The average molecular weight is 286 g/mol. The smallest absolute Gasteiger partial charge is 0.152 e. The van der Waals surface area contributed by atoms with Gasteiger partial charge in [0.1, 0.15) is 5.52 Å². The van der Waals surface area contributed by atoms with Gasteiger partial charge < -0.3 is 5.32 Å². The van der Waals surface area contributed by atoms with E-state index < -0.39 is 0 Å². The molecule has 3 aromatic rings. The SMILES string of the molecule is CC(C)(C)c1cc2c(NCc3cccs3)nccn2n1. The van der Waals surface area contributed by atoms with E-state index in [0.717, 1.165) is 23.6 Å². The van der Waals surface area contributed by atoms with E-state index in [-0.39, 0.29) is 5.41 Å². The van der Waals surface area contributed by atoms with Crippen LogP contribution in [0.25, 0.3) is 5.52 Å². The van der Waals surface area contributed by atoms with Crippen LogP contribution in [0.15, 0.2) is 36.0 Å². The molecule has 104 valence electrons. The second-order valence-corrected chi connectivity index (χ2v) is 6.85. The van der Waals surface area contributed by atoms with Gasteiger partial charge in [0.15, 0.2) is 5.82 Å². The summed E-state index contributed by atoms with van der Waals surface area (Å²) < 4.78 is 1.89. The van der Waals surface area contributed by atoms with Crippen molar-refractivity contribution < 1.29 is 0 Å². The van der Waals surface area contributed by atoms with Crippen molar-refractivity contribution >= 4 is 22.7 Å². The van der Waals surface area contributed by atoms with Gasteiger partial charge >= 0.3 is 0 Å². The highest BCUT2D eigenvalue weighted by Gasteiger charge is 2.18. The first-order valence-corrected chi connectivity index (χ1v) is 7.53. The average Bonchev–Trinajstić information content (AvgIpc) is 3.04. The lowest BCUT2D eigenvalue weighted by Crippen LogP contribution is -2.11. The Balaban J connectivity index is 1.92. The van der Waals surface area contributed by atoms with Crippen LogP contribution < -0.4 is 5.32 Å². The normalized spacial score (nSPS) is 11.9. The molecule has 3 heterocycles. The van der Waals surface area contributed by atoms with Crippen LogP contribution in [0.1, 0.15) is 31.3 Å². The molecule has 5 heteroatoms. The third-order valence-electron chi connectivity index (χ3n) is 3.17. The Bertz CT molecular complexity index is 707. The summed E-state index contributed by atoms with van der Waals surface area (Å²) in [7, 11) is 0. The zero-order chi connectivity index (χ0) is 14.2. The number of nitrogens with one attached hydrogen (secondary N) is 1. The Morgan fingerprint density at radius 3 is 2.90 bits per heavy atom. The molecule has 0 bridgehead atoms. The molecule has 0 aliphatic rings. The van der Waals surface area contributed by atoms with Crippen molar-refractivity contribution in [2.45, 2.75) is 32.7 Å². The fourth-order valence-electron chi connectivity index (χ4n) is 2.01. The van der Waals surface area contributed by atoms with Crippen LogP contribution in [0, 0.1) is 0 Å². The molecular formula is C15H18N4S. The first kappa shape index (κ1) is 13.1. The molecule has 1 N–H and O–H groups in total. The molecular weight excluding hydrogens is 268 g/mol. The van der Waals surface area contributed by atoms with E-state index in [4.69, 9.17) is 0 Å². The number of aromatic nitrogens is 3. The summed E-state index contributed by atoms with van der Waals surface area (Å²) in [6, 6.07) is 6.30. The van der Waals surface area contributed by atoms with Gasteiger partial charge in [-0.05, 0) is 17.5 Å². The number of hydrogen-bond donors (Lipinski definition) is 1. The number of fused-ring (bicyclic) bond motifs is 1. The summed E-state index contributed by atoms with van der Waals surface area (Å²) in [5.74, 6) is 0.879. The van der Waals surface area contributed by atoms with E-state index in [1.165, 1.54) is 4.88 Å². The highest BCUT2D eigenvalue weighted by molar-refractivity contribution is 7.09. The molecule has 0 saturated heterocycles. The fraction of sp³-hybridized carbons (Fsp3) is 0.333.